The fourth-order valence-electron chi connectivity index (χ4n) is 2.62. The zero-order valence-electron chi connectivity index (χ0n) is 18.4. The van der Waals surface area contributed by atoms with Crippen LogP contribution in [0.5, 0.6) is 0 Å². The first-order chi connectivity index (χ1) is 14.3. The Morgan fingerprint density at radius 1 is 0.903 bits per heavy atom. The van der Waals surface area contributed by atoms with Crippen LogP contribution in [0.2, 0.25) is 0 Å². The highest BCUT2D eigenvalue weighted by molar-refractivity contribution is 7.80. The van der Waals surface area contributed by atoms with Gasteiger partial charge in [0.2, 0.25) is 23.6 Å². The van der Waals surface area contributed by atoms with Crippen LogP contribution in [0.1, 0.15) is 47.0 Å². The lowest BCUT2D eigenvalue weighted by molar-refractivity contribution is -0.141. The summed E-state index contributed by atoms with van der Waals surface area (Å²) in [5, 5.41) is 16.2. The predicted molar refractivity (Wildman–Crippen MR) is 118 cm³/mol. The number of aliphatic carboxylic acids is 1. The number of hydrogen-bond donors (Lipinski definition) is 7. The van der Waals surface area contributed by atoms with Gasteiger partial charge in [-0.1, -0.05) is 34.1 Å². The summed E-state index contributed by atoms with van der Waals surface area (Å²) in [7, 11) is 0. The summed E-state index contributed by atoms with van der Waals surface area (Å²) < 4.78 is 0. The van der Waals surface area contributed by atoms with Gasteiger partial charge < -0.3 is 32.5 Å². The molecule has 5 atom stereocenters. The van der Waals surface area contributed by atoms with Crippen molar-refractivity contribution < 1.29 is 29.1 Å². The molecule has 4 amide bonds. The first-order valence-corrected chi connectivity index (χ1v) is 10.8. The second-order valence-electron chi connectivity index (χ2n) is 7.92. The van der Waals surface area contributed by atoms with Crippen molar-refractivity contribution in [3.63, 3.8) is 0 Å². The van der Waals surface area contributed by atoms with Crippen LogP contribution >= 0.6 is 12.6 Å². The number of carbonyl (C=O) groups excluding carboxylic acids is 4. The van der Waals surface area contributed by atoms with Crippen LogP contribution in [-0.4, -0.2) is 64.6 Å². The standard InChI is InChI=1S/C19H35N5O6S/c1-5-10(4)15(21)18(28)23-11(6-9(2)3)16(26)22-12(7-14(20)25)17(27)24-13(8-31)19(29)30/h9-13,15,31H,5-8,21H2,1-4H3,(H2,20,25)(H,22,26)(H,23,28)(H,24,27)(H,29,30). The van der Waals surface area contributed by atoms with Gasteiger partial charge in [0, 0.05) is 5.75 Å². The van der Waals surface area contributed by atoms with E-state index in [9.17, 15) is 24.0 Å². The van der Waals surface area contributed by atoms with Gasteiger partial charge in [-0.25, -0.2) is 4.79 Å². The molecule has 0 aromatic heterocycles. The molecule has 5 unspecified atom stereocenters. The van der Waals surface area contributed by atoms with E-state index in [0.29, 0.717) is 6.42 Å². The highest BCUT2D eigenvalue weighted by atomic mass is 32.1. The number of thiol groups is 1. The van der Waals surface area contributed by atoms with Crippen LogP contribution < -0.4 is 27.4 Å². The summed E-state index contributed by atoms with van der Waals surface area (Å²) in [6.45, 7) is 7.39. The molecule has 0 saturated carbocycles. The summed E-state index contributed by atoms with van der Waals surface area (Å²) in [5.74, 6) is -4.61. The molecule has 0 saturated heterocycles. The van der Waals surface area contributed by atoms with E-state index in [1.54, 1.807) is 0 Å². The molecule has 11 nitrogen and oxygen atoms in total. The number of nitrogens with one attached hydrogen (secondary N) is 3. The highest BCUT2D eigenvalue weighted by Crippen LogP contribution is 2.09. The van der Waals surface area contributed by atoms with Gasteiger partial charge in [-0.2, -0.15) is 12.6 Å². The van der Waals surface area contributed by atoms with E-state index in [-0.39, 0.29) is 24.0 Å². The molecule has 0 heterocycles. The number of primary amides is 1. The van der Waals surface area contributed by atoms with Gasteiger partial charge in [-0.05, 0) is 18.3 Å². The van der Waals surface area contributed by atoms with E-state index in [2.05, 4.69) is 28.6 Å². The van der Waals surface area contributed by atoms with Gasteiger partial charge in [0.05, 0.1) is 12.5 Å². The maximum Gasteiger partial charge on any atom is 0.327 e. The third-order valence-corrected chi connectivity index (χ3v) is 5.10. The number of hydrogen-bond acceptors (Lipinski definition) is 7. The van der Waals surface area contributed by atoms with Crippen molar-refractivity contribution in [3.8, 4) is 0 Å². The fourth-order valence-corrected chi connectivity index (χ4v) is 2.87. The number of carbonyl (C=O) groups is 5. The lowest BCUT2D eigenvalue weighted by Gasteiger charge is -2.26. The van der Waals surface area contributed by atoms with E-state index in [1.165, 1.54) is 0 Å². The van der Waals surface area contributed by atoms with Crippen molar-refractivity contribution in [3.05, 3.63) is 0 Å². The summed E-state index contributed by atoms with van der Waals surface area (Å²) in [4.78, 5) is 60.2. The lowest BCUT2D eigenvalue weighted by atomic mass is 9.97. The van der Waals surface area contributed by atoms with Gasteiger partial charge in [0.1, 0.15) is 18.1 Å². The molecule has 0 aromatic rings. The average molecular weight is 462 g/mol. The molecule has 0 aliphatic rings. The largest absolute Gasteiger partial charge is 0.480 e. The molecule has 0 spiro atoms. The number of carboxylic acids is 1. The zero-order valence-corrected chi connectivity index (χ0v) is 19.3. The van der Waals surface area contributed by atoms with Crippen LogP contribution in [0.15, 0.2) is 0 Å². The predicted octanol–water partition coefficient (Wildman–Crippen LogP) is -1.25. The number of rotatable bonds is 14. The van der Waals surface area contributed by atoms with Crippen molar-refractivity contribution >= 4 is 42.2 Å². The molecular formula is C19H35N5O6S. The summed E-state index contributed by atoms with van der Waals surface area (Å²) in [5.41, 5.74) is 11.1. The average Bonchev–Trinajstić information content (AvgIpc) is 2.68. The third kappa shape index (κ3) is 10.5. The number of carboxylic acid groups (broad SMARTS) is 1. The SMILES string of the molecule is CCC(C)C(N)C(=O)NC(CC(C)C)C(=O)NC(CC(N)=O)C(=O)NC(CS)C(=O)O. The van der Waals surface area contributed by atoms with Crippen molar-refractivity contribution in [2.24, 2.45) is 23.3 Å². The molecule has 178 valence electrons. The van der Waals surface area contributed by atoms with Crippen LogP contribution in [0.3, 0.4) is 0 Å². The number of amides is 4. The summed E-state index contributed by atoms with van der Waals surface area (Å²) in [6, 6.07) is -4.56. The Balaban J connectivity index is 5.48. The minimum Gasteiger partial charge on any atom is -0.480 e. The van der Waals surface area contributed by atoms with Crippen LogP contribution in [0.25, 0.3) is 0 Å². The quantitative estimate of drug-likeness (QED) is 0.157. The lowest BCUT2D eigenvalue weighted by Crippen LogP contribution is -2.58. The normalized spacial score (nSPS) is 15.8. The van der Waals surface area contributed by atoms with Gasteiger partial charge in [-0.15, -0.1) is 0 Å². The van der Waals surface area contributed by atoms with Crippen molar-refractivity contribution in [1.82, 2.24) is 16.0 Å². The Hall–Kier alpha value is -2.34. The smallest absolute Gasteiger partial charge is 0.327 e. The van der Waals surface area contributed by atoms with Gasteiger partial charge >= 0.3 is 5.97 Å². The molecule has 0 aromatic carbocycles. The molecule has 0 bridgehead atoms. The van der Waals surface area contributed by atoms with Crippen molar-refractivity contribution in [2.75, 3.05) is 5.75 Å². The van der Waals surface area contributed by atoms with Gasteiger partial charge in [-0.3, -0.25) is 19.2 Å². The van der Waals surface area contributed by atoms with Crippen molar-refractivity contribution in [2.45, 2.75) is 71.1 Å². The molecule has 12 heteroatoms. The molecular weight excluding hydrogens is 426 g/mol. The van der Waals surface area contributed by atoms with Crippen molar-refractivity contribution in [1.29, 1.82) is 0 Å². The highest BCUT2D eigenvalue weighted by Gasteiger charge is 2.31. The van der Waals surface area contributed by atoms with E-state index in [4.69, 9.17) is 16.6 Å². The summed E-state index contributed by atoms with van der Waals surface area (Å²) in [6.07, 6.45) is 0.377. The fraction of sp³-hybridized carbons (Fsp3) is 0.737. The van der Waals surface area contributed by atoms with E-state index in [0.717, 1.165) is 0 Å². The molecule has 0 fully saturated rings. The number of nitrogens with two attached hydrogens (primary N) is 2. The topological polar surface area (TPSA) is 194 Å². The van der Waals surface area contributed by atoms with Gasteiger partial charge in [0.15, 0.2) is 0 Å². The Morgan fingerprint density at radius 3 is 1.81 bits per heavy atom. The van der Waals surface area contributed by atoms with Crippen LogP contribution in [0, 0.1) is 11.8 Å². The minimum atomic E-state index is -1.42. The second kappa shape index (κ2) is 13.9. The first-order valence-electron chi connectivity index (χ1n) is 10.1. The van der Waals surface area contributed by atoms with E-state index < -0.39 is 60.2 Å². The van der Waals surface area contributed by atoms with Crippen LogP contribution in [0.4, 0.5) is 0 Å². The Bertz CT molecular complexity index is 660. The maximum absolute atomic E-state index is 12.8. The Kier molecular flexibility index (Phi) is 12.8. The van der Waals surface area contributed by atoms with Crippen LogP contribution in [-0.2, 0) is 24.0 Å². The molecule has 0 aliphatic heterocycles. The third-order valence-electron chi connectivity index (χ3n) is 4.74. The molecule has 8 N–H and O–H groups in total. The Morgan fingerprint density at radius 2 is 1.39 bits per heavy atom. The van der Waals surface area contributed by atoms with E-state index in [1.807, 2.05) is 27.7 Å². The molecule has 0 rings (SSSR count). The monoisotopic (exact) mass is 461 g/mol. The Labute approximate surface area is 187 Å². The summed E-state index contributed by atoms with van der Waals surface area (Å²) >= 11 is 3.86. The molecule has 0 radical (unpaired) electrons. The van der Waals surface area contributed by atoms with Gasteiger partial charge in [0.25, 0.3) is 0 Å². The molecule has 0 aliphatic carbocycles. The second-order valence-corrected chi connectivity index (χ2v) is 8.28. The first kappa shape index (κ1) is 28.7. The minimum absolute atomic E-state index is 0.0138. The van der Waals surface area contributed by atoms with E-state index >= 15 is 0 Å². The zero-order chi connectivity index (χ0) is 24.3. The molecule has 31 heavy (non-hydrogen) atoms. The maximum atomic E-state index is 12.8.